The van der Waals surface area contributed by atoms with Crippen molar-refractivity contribution in [2.45, 2.75) is 51.0 Å². The van der Waals surface area contributed by atoms with Gasteiger partial charge < -0.3 is 9.80 Å². The first-order chi connectivity index (χ1) is 13.7. The van der Waals surface area contributed by atoms with E-state index >= 15 is 0 Å². The van der Waals surface area contributed by atoms with Crippen LogP contribution in [0.5, 0.6) is 0 Å². The van der Waals surface area contributed by atoms with Crippen LogP contribution in [0.25, 0.3) is 0 Å². The zero-order valence-electron chi connectivity index (χ0n) is 16.5. The number of carbonyl (C=O) groups is 2. The fourth-order valence-corrected chi connectivity index (χ4v) is 4.70. The summed E-state index contributed by atoms with van der Waals surface area (Å²) in [5.41, 5.74) is 3.49. The summed E-state index contributed by atoms with van der Waals surface area (Å²) in [6.07, 6.45) is 4.08. The van der Waals surface area contributed by atoms with Crippen molar-refractivity contribution in [1.82, 2.24) is 4.90 Å². The van der Waals surface area contributed by atoms with Gasteiger partial charge in [-0.3, -0.25) is 9.59 Å². The van der Waals surface area contributed by atoms with E-state index in [9.17, 15) is 9.59 Å². The quantitative estimate of drug-likeness (QED) is 0.804. The van der Waals surface area contributed by atoms with Crippen LogP contribution in [0.15, 0.2) is 54.6 Å². The second kappa shape index (κ2) is 8.17. The van der Waals surface area contributed by atoms with Crippen LogP contribution in [0, 0.1) is 0 Å². The number of amides is 2. The highest BCUT2D eigenvalue weighted by atomic mass is 16.2. The lowest BCUT2D eigenvalue weighted by Crippen LogP contribution is -2.49. The second-order valence-electron chi connectivity index (χ2n) is 7.80. The summed E-state index contributed by atoms with van der Waals surface area (Å²) in [4.78, 5) is 29.7. The van der Waals surface area contributed by atoms with E-state index in [0.29, 0.717) is 6.42 Å². The third-order valence-corrected chi connectivity index (χ3v) is 6.18. The molecule has 0 aromatic heterocycles. The maximum Gasteiger partial charge on any atom is 0.230 e. The van der Waals surface area contributed by atoms with Crippen molar-refractivity contribution in [3.63, 3.8) is 0 Å². The van der Waals surface area contributed by atoms with Gasteiger partial charge in [0.2, 0.25) is 11.8 Å². The van der Waals surface area contributed by atoms with Gasteiger partial charge in [0, 0.05) is 31.2 Å². The van der Waals surface area contributed by atoms with E-state index in [-0.39, 0.29) is 23.8 Å². The van der Waals surface area contributed by atoms with Crippen LogP contribution < -0.4 is 4.90 Å². The molecule has 0 spiro atoms. The minimum Gasteiger partial charge on any atom is -0.342 e. The highest BCUT2D eigenvalue weighted by molar-refractivity contribution is 5.93. The lowest BCUT2D eigenvalue weighted by Gasteiger charge is -2.39. The Kier molecular flexibility index (Phi) is 5.47. The normalized spacial score (nSPS) is 19.3. The van der Waals surface area contributed by atoms with Crippen LogP contribution in [0.3, 0.4) is 0 Å². The number of piperidine rings is 1. The van der Waals surface area contributed by atoms with E-state index in [0.717, 1.165) is 44.5 Å². The molecule has 0 radical (unpaired) electrons. The number of rotatable bonds is 4. The Labute approximate surface area is 167 Å². The third kappa shape index (κ3) is 3.56. The van der Waals surface area contributed by atoms with Crippen molar-refractivity contribution in [3.05, 3.63) is 65.7 Å². The molecule has 1 atom stereocenters. The largest absolute Gasteiger partial charge is 0.342 e. The van der Waals surface area contributed by atoms with Crippen molar-refractivity contribution >= 4 is 17.5 Å². The minimum atomic E-state index is 0.00949. The number of carbonyl (C=O) groups excluding carboxylic acids is 2. The zero-order valence-corrected chi connectivity index (χ0v) is 16.5. The Morgan fingerprint density at radius 2 is 1.64 bits per heavy atom. The molecule has 0 saturated carbocycles. The fraction of sp³-hybridized carbons (Fsp3) is 0.417. The van der Waals surface area contributed by atoms with Crippen LogP contribution in [-0.2, 0) is 16.0 Å². The molecule has 4 rings (SSSR count). The average molecular weight is 377 g/mol. The van der Waals surface area contributed by atoms with Gasteiger partial charge >= 0.3 is 0 Å². The number of fused-ring (bicyclic) bond motifs is 1. The summed E-state index contributed by atoms with van der Waals surface area (Å²) in [5, 5.41) is 0. The average Bonchev–Trinajstić information content (AvgIpc) is 3.19. The zero-order chi connectivity index (χ0) is 19.5. The SMILES string of the molecule is CCC(=O)N(c1ccccc1)C1CCN(C(=O)C2CCc3ccccc32)CC1. The molecule has 2 aromatic rings. The number of benzene rings is 2. The predicted octanol–water partition coefficient (Wildman–Crippen LogP) is 4.15. The molecular weight excluding hydrogens is 348 g/mol. The van der Waals surface area contributed by atoms with Gasteiger partial charge in [0.25, 0.3) is 0 Å². The van der Waals surface area contributed by atoms with E-state index in [4.69, 9.17) is 0 Å². The highest BCUT2D eigenvalue weighted by Crippen LogP contribution is 2.35. The smallest absolute Gasteiger partial charge is 0.230 e. The fourth-order valence-electron chi connectivity index (χ4n) is 4.70. The molecule has 1 heterocycles. The minimum absolute atomic E-state index is 0.00949. The van der Waals surface area contributed by atoms with E-state index in [2.05, 4.69) is 18.2 Å². The Morgan fingerprint density at radius 1 is 0.964 bits per heavy atom. The highest BCUT2D eigenvalue weighted by Gasteiger charge is 2.35. The molecule has 1 aliphatic carbocycles. The molecule has 1 fully saturated rings. The van der Waals surface area contributed by atoms with Crippen LogP contribution in [0.1, 0.15) is 49.7 Å². The van der Waals surface area contributed by atoms with E-state index in [1.165, 1.54) is 11.1 Å². The van der Waals surface area contributed by atoms with Gasteiger partial charge in [-0.15, -0.1) is 0 Å². The van der Waals surface area contributed by atoms with Crippen molar-refractivity contribution in [2.75, 3.05) is 18.0 Å². The summed E-state index contributed by atoms with van der Waals surface area (Å²) in [6, 6.07) is 18.4. The first kappa shape index (κ1) is 18.7. The van der Waals surface area contributed by atoms with Crippen molar-refractivity contribution in [2.24, 2.45) is 0 Å². The summed E-state index contributed by atoms with van der Waals surface area (Å²) >= 11 is 0. The first-order valence-electron chi connectivity index (χ1n) is 10.4. The Balaban J connectivity index is 1.44. The van der Waals surface area contributed by atoms with Gasteiger partial charge in [-0.25, -0.2) is 0 Å². The summed E-state index contributed by atoms with van der Waals surface area (Å²) in [7, 11) is 0. The molecule has 28 heavy (non-hydrogen) atoms. The number of anilines is 1. The van der Waals surface area contributed by atoms with Gasteiger partial charge in [0.1, 0.15) is 0 Å². The van der Waals surface area contributed by atoms with E-state index in [1.54, 1.807) is 0 Å². The molecule has 0 bridgehead atoms. The standard InChI is InChI=1S/C24H28N2O2/c1-2-23(27)26(19-9-4-3-5-10-19)20-14-16-25(17-15-20)24(28)22-13-12-18-8-6-7-11-21(18)22/h3-11,20,22H,2,12-17H2,1H3. The molecular formula is C24H28N2O2. The third-order valence-electron chi connectivity index (χ3n) is 6.18. The molecule has 1 aliphatic heterocycles. The predicted molar refractivity (Wildman–Crippen MR) is 111 cm³/mol. The molecule has 4 nitrogen and oxygen atoms in total. The number of hydrogen-bond donors (Lipinski definition) is 0. The lowest BCUT2D eigenvalue weighted by molar-refractivity contribution is -0.133. The Morgan fingerprint density at radius 3 is 2.36 bits per heavy atom. The topological polar surface area (TPSA) is 40.6 Å². The van der Waals surface area contributed by atoms with Crippen molar-refractivity contribution in [3.8, 4) is 0 Å². The molecule has 1 unspecified atom stereocenters. The van der Waals surface area contributed by atoms with Crippen LogP contribution in [0.2, 0.25) is 0 Å². The van der Waals surface area contributed by atoms with Crippen LogP contribution in [0.4, 0.5) is 5.69 Å². The number of aryl methyl sites for hydroxylation is 1. The molecule has 146 valence electrons. The maximum atomic E-state index is 13.1. The summed E-state index contributed by atoms with van der Waals surface area (Å²) in [6.45, 7) is 3.36. The Hall–Kier alpha value is -2.62. The maximum absolute atomic E-state index is 13.1. The molecule has 1 saturated heterocycles. The van der Waals surface area contributed by atoms with Gasteiger partial charge in [-0.1, -0.05) is 49.4 Å². The first-order valence-corrected chi connectivity index (χ1v) is 10.4. The number of nitrogens with zero attached hydrogens (tertiary/aromatic N) is 2. The van der Waals surface area contributed by atoms with Crippen molar-refractivity contribution in [1.29, 1.82) is 0 Å². The summed E-state index contributed by atoms with van der Waals surface area (Å²) < 4.78 is 0. The van der Waals surface area contributed by atoms with Crippen LogP contribution >= 0.6 is 0 Å². The molecule has 4 heteroatoms. The number of likely N-dealkylation sites (tertiary alicyclic amines) is 1. The molecule has 2 aliphatic rings. The summed E-state index contributed by atoms with van der Waals surface area (Å²) in [5.74, 6) is 0.424. The lowest BCUT2D eigenvalue weighted by atomic mass is 9.96. The van der Waals surface area contributed by atoms with Crippen molar-refractivity contribution < 1.29 is 9.59 Å². The molecule has 2 aromatic carbocycles. The van der Waals surface area contributed by atoms with Gasteiger partial charge in [0.15, 0.2) is 0 Å². The number of hydrogen-bond acceptors (Lipinski definition) is 2. The number of para-hydroxylation sites is 1. The van der Waals surface area contributed by atoms with Gasteiger partial charge in [-0.2, -0.15) is 0 Å². The molecule has 0 N–H and O–H groups in total. The second-order valence-corrected chi connectivity index (χ2v) is 7.80. The van der Waals surface area contributed by atoms with Crippen LogP contribution in [-0.4, -0.2) is 35.8 Å². The Bertz CT molecular complexity index is 841. The van der Waals surface area contributed by atoms with Gasteiger partial charge in [0.05, 0.1) is 5.92 Å². The van der Waals surface area contributed by atoms with Gasteiger partial charge in [-0.05, 0) is 48.9 Å². The monoisotopic (exact) mass is 376 g/mol. The molecule has 2 amide bonds. The van der Waals surface area contributed by atoms with E-state index < -0.39 is 0 Å². The van der Waals surface area contributed by atoms with E-state index in [1.807, 2.05) is 53.1 Å².